The lowest BCUT2D eigenvalue weighted by Gasteiger charge is -2.26. The molecule has 25 heavy (non-hydrogen) atoms. The molecule has 1 atom stereocenters. The van der Waals surface area contributed by atoms with Gasteiger partial charge in [-0.15, -0.1) is 0 Å². The minimum absolute atomic E-state index is 0.0153. The Hall–Kier alpha value is -3.56. The number of fused-ring (bicyclic) bond motifs is 1. The number of nitrogens with one attached hydrogen (secondary N) is 2. The van der Waals surface area contributed by atoms with Crippen molar-refractivity contribution in [2.75, 3.05) is 16.8 Å². The highest BCUT2D eigenvalue weighted by Crippen LogP contribution is 2.43. The largest absolute Gasteiger partial charge is 0.397 e. The predicted octanol–water partition coefficient (Wildman–Crippen LogP) is 1.85. The maximum absolute atomic E-state index is 14.4. The molecule has 0 aliphatic carbocycles. The molecule has 1 aliphatic rings. The lowest BCUT2D eigenvalue weighted by Crippen LogP contribution is -2.33. The fourth-order valence-corrected chi connectivity index (χ4v) is 2.83. The zero-order valence-electron chi connectivity index (χ0n) is 12.5. The van der Waals surface area contributed by atoms with Crippen molar-refractivity contribution in [2.24, 2.45) is 4.99 Å². The predicted molar refractivity (Wildman–Crippen MR) is 90.8 cm³/mol. The van der Waals surface area contributed by atoms with Gasteiger partial charge < -0.3 is 16.8 Å². The first-order valence-electron chi connectivity index (χ1n) is 6.90. The third kappa shape index (κ3) is 2.63. The monoisotopic (exact) mass is 356 g/mol. The number of aliphatic imine (C=N–C) groups is 1. The molecule has 1 unspecified atom stereocenters. The van der Waals surface area contributed by atoms with Gasteiger partial charge in [-0.05, 0) is 12.1 Å². The third-order valence-electron chi connectivity index (χ3n) is 3.63. The number of hydrogen-bond acceptors (Lipinski definition) is 8. The van der Waals surface area contributed by atoms with E-state index in [0.29, 0.717) is 0 Å². The van der Waals surface area contributed by atoms with E-state index < -0.39 is 11.9 Å². The fourth-order valence-electron chi connectivity index (χ4n) is 2.56. The van der Waals surface area contributed by atoms with Crippen LogP contribution < -0.4 is 22.1 Å². The number of hydrogen-bond donors (Lipinski definition) is 4. The van der Waals surface area contributed by atoms with Crippen molar-refractivity contribution < 1.29 is 4.39 Å². The molecule has 0 fully saturated rings. The van der Waals surface area contributed by atoms with Crippen molar-refractivity contribution in [3.8, 4) is 12.3 Å². The highest BCUT2D eigenvalue weighted by Gasteiger charge is 2.32. The standard InChI is InChI=1S/C15H10ClFN8/c16-7-2-1-3-8(17)9(7)12-10-11(20)6(4-18)13(21)24-14(10)25-15(23-12)22-5-19/h1-3,12H,(H6,20,21,22,23,24,25). The molecular weight excluding hydrogens is 347 g/mol. The van der Waals surface area contributed by atoms with Gasteiger partial charge in [0.05, 0.1) is 5.69 Å². The summed E-state index contributed by atoms with van der Waals surface area (Å²) in [7, 11) is 0. The molecule has 0 amide bonds. The number of nitriles is 2. The number of nitrogen functional groups attached to an aromatic ring is 2. The van der Waals surface area contributed by atoms with E-state index in [1.807, 2.05) is 6.07 Å². The van der Waals surface area contributed by atoms with E-state index >= 15 is 0 Å². The van der Waals surface area contributed by atoms with Gasteiger partial charge in [-0.25, -0.2) is 14.4 Å². The van der Waals surface area contributed by atoms with E-state index in [4.69, 9.17) is 28.3 Å². The Morgan fingerprint density at radius 2 is 2.04 bits per heavy atom. The van der Waals surface area contributed by atoms with E-state index in [0.717, 1.165) is 0 Å². The fraction of sp³-hybridized carbons (Fsp3) is 0.0667. The Bertz CT molecular complexity index is 968. The molecule has 0 saturated heterocycles. The summed E-state index contributed by atoms with van der Waals surface area (Å²) in [5.41, 5.74) is 12.1. The smallest absolute Gasteiger partial charge is 0.211 e. The average molecular weight is 357 g/mol. The van der Waals surface area contributed by atoms with Gasteiger partial charge in [0.25, 0.3) is 0 Å². The number of rotatable bonds is 1. The van der Waals surface area contributed by atoms with Gasteiger partial charge in [0.15, 0.2) is 6.19 Å². The van der Waals surface area contributed by atoms with Gasteiger partial charge in [0.1, 0.15) is 35.1 Å². The third-order valence-corrected chi connectivity index (χ3v) is 3.96. The maximum atomic E-state index is 14.4. The molecule has 1 aliphatic heterocycles. The van der Waals surface area contributed by atoms with Crippen LogP contribution in [0.25, 0.3) is 0 Å². The number of benzene rings is 1. The first-order valence-corrected chi connectivity index (χ1v) is 7.28. The van der Waals surface area contributed by atoms with Crippen LogP contribution in [-0.4, -0.2) is 10.9 Å². The van der Waals surface area contributed by atoms with E-state index in [1.54, 1.807) is 6.19 Å². The van der Waals surface area contributed by atoms with Crippen LogP contribution in [0.1, 0.15) is 22.7 Å². The summed E-state index contributed by atoms with van der Waals surface area (Å²) in [5, 5.41) is 23.3. The summed E-state index contributed by atoms with van der Waals surface area (Å²) >= 11 is 6.15. The number of halogens is 2. The SMILES string of the molecule is N#CNC1=NC(c2c(F)cccc2Cl)c2c(nc(N)c(C#N)c2N)N1. The second kappa shape index (κ2) is 6.15. The molecule has 1 aromatic carbocycles. The molecule has 0 saturated carbocycles. The van der Waals surface area contributed by atoms with E-state index in [1.165, 1.54) is 18.2 Å². The highest BCUT2D eigenvalue weighted by atomic mass is 35.5. The molecule has 2 aromatic rings. The van der Waals surface area contributed by atoms with Crippen LogP contribution in [0.5, 0.6) is 0 Å². The molecule has 0 radical (unpaired) electrons. The molecule has 10 heteroatoms. The topological polar surface area (TPSA) is 149 Å². The Morgan fingerprint density at radius 1 is 1.28 bits per heavy atom. The number of guanidine groups is 1. The Kier molecular flexibility index (Phi) is 4.01. The summed E-state index contributed by atoms with van der Waals surface area (Å²) in [5.74, 6) is -0.524. The number of nitrogens with two attached hydrogens (primary N) is 2. The summed E-state index contributed by atoms with van der Waals surface area (Å²) in [6, 6.07) is 5.03. The minimum atomic E-state index is -1.01. The molecule has 2 heterocycles. The van der Waals surface area contributed by atoms with Crippen LogP contribution in [0.15, 0.2) is 23.2 Å². The normalized spacial score (nSPS) is 15.2. The number of nitrogens with zero attached hydrogens (tertiary/aromatic N) is 4. The van der Waals surface area contributed by atoms with Gasteiger partial charge in [-0.3, -0.25) is 5.32 Å². The zero-order chi connectivity index (χ0) is 18.1. The lowest BCUT2D eigenvalue weighted by molar-refractivity contribution is 0.599. The molecule has 3 rings (SSSR count). The van der Waals surface area contributed by atoms with Crippen molar-refractivity contribution in [1.82, 2.24) is 10.3 Å². The molecule has 0 bridgehead atoms. The summed E-state index contributed by atoms with van der Waals surface area (Å²) in [6.07, 6.45) is 1.71. The summed E-state index contributed by atoms with van der Waals surface area (Å²) in [4.78, 5) is 8.33. The van der Waals surface area contributed by atoms with Crippen molar-refractivity contribution in [1.29, 1.82) is 10.5 Å². The van der Waals surface area contributed by atoms with Gasteiger partial charge in [-0.1, -0.05) is 17.7 Å². The van der Waals surface area contributed by atoms with E-state index in [9.17, 15) is 9.65 Å². The van der Waals surface area contributed by atoms with Crippen LogP contribution in [0.4, 0.5) is 21.7 Å². The Balaban J connectivity index is 2.32. The van der Waals surface area contributed by atoms with Gasteiger partial charge in [0, 0.05) is 16.1 Å². The number of anilines is 3. The van der Waals surface area contributed by atoms with Gasteiger partial charge in [-0.2, -0.15) is 10.5 Å². The molecule has 1 aromatic heterocycles. The van der Waals surface area contributed by atoms with Crippen LogP contribution in [0.3, 0.4) is 0 Å². The molecule has 6 N–H and O–H groups in total. The second-order valence-electron chi connectivity index (χ2n) is 5.04. The minimum Gasteiger partial charge on any atom is -0.397 e. The van der Waals surface area contributed by atoms with Crippen LogP contribution in [0, 0.1) is 28.6 Å². The summed E-state index contributed by atoms with van der Waals surface area (Å²) < 4.78 is 14.4. The molecule has 8 nitrogen and oxygen atoms in total. The lowest BCUT2D eigenvalue weighted by atomic mass is 9.94. The zero-order valence-corrected chi connectivity index (χ0v) is 13.3. The average Bonchev–Trinajstić information content (AvgIpc) is 2.54. The van der Waals surface area contributed by atoms with Crippen molar-refractivity contribution in [3.05, 3.63) is 45.7 Å². The van der Waals surface area contributed by atoms with E-state index in [2.05, 4.69) is 20.6 Å². The Morgan fingerprint density at radius 3 is 2.68 bits per heavy atom. The molecular formula is C15H10ClFN8. The van der Waals surface area contributed by atoms with Crippen LogP contribution >= 0.6 is 11.6 Å². The number of pyridine rings is 1. The maximum Gasteiger partial charge on any atom is 0.211 e. The molecule has 124 valence electrons. The highest BCUT2D eigenvalue weighted by molar-refractivity contribution is 6.31. The van der Waals surface area contributed by atoms with Crippen LogP contribution in [-0.2, 0) is 0 Å². The van der Waals surface area contributed by atoms with Crippen LogP contribution in [0.2, 0.25) is 5.02 Å². The van der Waals surface area contributed by atoms with Crippen molar-refractivity contribution >= 4 is 34.9 Å². The first kappa shape index (κ1) is 16.3. The molecule has 0 spiro atoms. The Labute approximate surface area is 146 Å². The second-order valence-corrected chi connectivity index (χ2v) is 5.44. The quantitative estimate of drug-likeness (QED) is 0.450. The van der Waals surface area contributed by atoms with E-state index in [-0.39, 0.29) is 45.0 Å². The van der Waals surface area contributed by atoms with Gasteiger partial charge in [0.2, 0.25) is 5.96 Å². The van der Waals surface area contributed by atoms with Crippen molar-refractivity contribution in [2.45, 2.75) is 6.04 Å². The first-order chi connectivity index (χ1) is 12.0. The number of aromatic nitrogens is 1. The van der Waals surface area contributed by atoms with Gasteiger partial charge >= 0.3 is 0 Å². The summed E-state index contributed by atoms with van der Waals surface area (Å²) in [6.45, 7) is 0. The van der Waals surface area contributed by atoms with Crippen molar-refractivity contribution in [3.63, 3.8) is 0 Å².